The fourth-order valence-electron chi connectivity index (χ4n) is 2.49. The van der Waals surface area contributed by atoms with Crippen LogP contribution < -0.4 is 10.6 Å². The van der Waals surface area contributed by atoms with Crippen LogP contribution in [0.15, 0.2) is 18.2 Å². The van der Waals surface area contributed by atoms with Gasteiger partial charge in [-0.25, -0.2) is 4.98 Å². The van der Waals surface area contributed by atoms with E-state index < -0.39 is 0 Å². The smallest absolute Gasteiger partial charge is 0.222 e. The number of H-pyrrole nitrogens is 1. The molecule has 2 heterocycles. The Morgan fingerprint density at radius 1 is 1.50 bits per heavy atom. The Kier molecular flexibility index (Phi) is 5.76. The summed E-state index contributed by atoms with van der Waals surface area (Å²) in [6.45, 7) is 4.58. The number of ether oxygens (including phenoxy) is 1. The topological polar surface area (TPSA) is 79.0 Å². The normalized spacial score (nSPS) is 18.0. The van der Waals surface area contributed by atoms with Crippen LogP contribution in [0.5, 0.6) is 0 Å². The minimum Gasteiger partial charge on any atom is -0.378 e. The SMILES string of the molecule is Cc1ccc2nc(CNC(=O)CC3COCCN3)[nH]c2c1.Cl. The quantitative estimate of drug-likeness (QED) is 0.792. The molecule has 7 heteroatoms. The van der Waals surface area contributed by atoms with Crippen molar-refractivity contribution in [1.29, 1.82) is 0 Å². The lowest BCUT2D eigenvalue weighted by molar-refractivity contribution is -0.122. The van der Waals surface area contributed by atoms with Crippen LogP contribution >= 0.6 is 12.4 Å². The summed E-state index contributed by atoms with van der Waals surface area (Å²) in [4.78, 5) is 19.6. The second-order valence-electron chi connectivity index (χ2n) is 5.41. The van der Waals surface area contributed by atoms with Crippen LogP contribution in [-0.2, 0) is 16.1 Å². The van der Waals surface area contributed by atoms with Gasteiger partial charge in [-0.3, -0.25) is 4.79 Å². The first-order valence-electron chi connectivity index (χ1n) is 7.24. The predicted molar refractivity (Wildman–Crippen MR) is 87.2 cm³/mol. The van der Waals surface area contributed by atoms with E-state index in [1.54, 1.807) is 0 Å². The van der Waals surface area contributed by atoms with Crippen molar-refractivity contribution in [2.75, 3.05) is 19.8 Å². The summed E-state index contributed by atoms with van der Waals surface area (Å²) in [5.74, 6) is 0.784. The molecular weight excluding hydrogens is 304 g/mol. The number of benzene rings is 1. The number of nitrogens with zero attached hydrogens (tertiary/aromatic N) is 1. The maximum absolute atomic E-state index is 11.9. The van der Waals surface area contributed by atoms with Gasteiger partial charge >= 0.3 is 0 Å². The zero-order chi connectivity index (χ0) is 14.7. The Morgan fingerprint density at radius 3 is 3.14 bits per heavy atom. The summed E-state index contributed by atoms with van der Waals surface area (Å²) < 4.78 is 5.34. The monoisotopic (exact) mass is 324 g/mol. The molecule has 1 aliphatic rings. The van der Waals surface area contributed by atoms with Gasteiger partial charge in [0, 0.05) is 19.0 Å². The second-order valence-corrected chi connectivity index (χ2v) is 5.41. The number of imidazole rings is 1. The Morgan fingerprint density at radius 2 is 2.36 bits per heavy atom. The van der Waals surface area contributed by atoms with Gasteiger partial charge < -0.3 is 20.4 Å². The van der Waals surface area contributed by atoms with Crippen molar-refractivity contribution in [2.24, 2.45) is 0 Å². The lowest BCUT2D eigenvalue weighted by Gasteiger charge is -2.23. The van der Waals surface area contributed by atoms with E-state index in [1.165, 1.54) is 5.56 Å². The fraction of sp³-hybridized carbons (Fsp3) is 0.467. The number of aromatic amines is 1. The molecule has 120 valence electrons. The summed E-state index contributed by atoms with van der Waals surface area (Å²) in [7, 11) is 0. The summed E-state index contributed by atoms with van der Waals surface area (Å²) in [5, 5.41) is 6.16. The summed E-state index contributed by atoms with van der Waals surface area (Å²) in [5.41, 5.74) is 3.11. The van der Waals surface area contributed by atoms with Gasteiger partial charge in [0.15, 0.2) is 0 Å². The minimum atomic E-state index is 0. The zero-order valence-electron chi connectivity index (χ0n) is 12.5. The average molecular weight is 325 g/mol. The number of hydrogen-bond acceptors (Lipinski definition) is 4. The average Bonchev–Trinajstić information content (AvgIpc) is 2.88. The molecule has 1 saturated heterocycles. The largest absolute Gasteiger partial charge is 0.378 e. The Hall–Kier alpha value is -1.63. The van der Waals surface area contributed by atoms with Crippen molar-refractivity contribution in [1.82, 2.24) is 20.6 Å². The highest BCUT2D eigenvalue weighted by Crippen LogP contribution is 2.13. The van der Waals surface area contributed by atoms with Crippen LogP contribution in [0.3, 0.4) is 0 Å². The molecule has 3 rings (SSSR count). The van der Waals surface area contributed by atoms with Crippen molar-refractivity contribution in [3.8, 4) is 0 Å². The first kappa shape index (κ1) is 16.7. The lowest BCUT2D eigenvalue weighted by atomic mass is 10.2. The predicted octanol–water partition coefficient (Wildman–Crippen LogP) is 1.29. The zero-order valence-corrected chi connectivity index (χ0v) is 13.3. The van der Waals surface area contributed by atoms with E-state index in [2.05, 4.69) is 26.7 Å². The molecule has 22 heavy (non-hydrogen) atoms. The molecule has 1 fully saturated rings. The molecule has 0 radical (unpaired) electrons. The van der Waals surface area contributed by atoms with Gasteiger partial charge in [-0.1, -0.05) is 6.07 Å². The molecule has 1 aromatic carbocycles. The summed E-state index contributed by atoms with van der Waals surface area (Å²) in [6.07, 6.45) is 0.430. The molecule has 0 spiro atoms. The first-order valence-corrected chi connectivity index (χ1v) is 7.24. The van der Waals surface area contributed by atoms with Crippen molar-refractivity contribution < 1.29 is 9.53 Å². The molecule has 0 bridgehead atoms. The Labute approximate surface area is 135 Å². The van der Waals surface area contributed by atoms with Crippen molar-refractivity contribution in [3.63, 3.8) is 0 Å². The molecule has 6 nitrogen and oxygen atoms in total. The highest BCUT2D eigenvalue weighted by Gasteiger charge is 2.16. The van der Waals surface area contributed by atoms with E-state index in [0.29, 0.717) is 19.6 Å². The van der Waals surface area contributed by atoms with Gasteiger partial charge in [-0.2, -0.15) is 0 Å². The number of aryl methyl sites for hydroxylation is 1. The molecule has 2 aromatic rings. The van der Waals surface area contributed by atoms with E-state index >= 15 is 0 Å². The fourth-order valence-corrected chi connectivity index (χ4v) is 2.49. The number of aromatic nitrogens is 2. The van der Waals surface area contributed by atoms with Crippen molar-refractivity contribution in [2.45, 2.75) is 25.9 Å². The molecular formula is C15H21ClN4O2. The number of carbonyl (C=O) groups excluding carboxylic acids is 1. The highest BCUT2D eigenvalue weighted by molar-refractivity contribution is 5.85. The maximum Gasteiger partial charge on any atom is 0.222 e. The van der Waals surface area contributed by atoms with Crippen LogP contribution in [0.25, 0.3) is 11.0 Å². The number of fused-ring (bicyclic) bond motifs is 1. The second kappa shape index (κ2) is 7.58. The van der Waals surface area contributed by atoms with Gasteiger partial charge in [0.2, 0.25) is 5.91 Å². The maximum atomic E-state index is 11.9. The third-order valence-corrected chi connectivity index (χ3v) is 3.57. The first-order chi connectivity index (χ1) is 10.2. The van der Waals surface area contributed by atoms with Gasteiger partial charge in [0.1, 0.15) is 5.82 Å². The van der Waals surface area contributed by atoms with Gasteiger partial charge in [0.25, 0.3) is 0 Å². The van der Waals surface area contributed by atoms with Crippen LogP contribution in [0.2, 0.25) is 0 Å². The van der Waals surface area contributed by atoms with Gasteiger partial charge in [-0.05, 0) is 24.6 Å². The molecule has 0 aliphatic carbocycles. The molecule has 1 aromatic heterocycles. The minimum absolute atomic E-state index is 0. The number of morpholine rings is 1. The number of rotatable bonds is 4. The van der Waals surface area contributed by atoms with E-state index in [-0.39, 0.29) is 24.4 Å². The standard InChI is InChI=1S/C15H20N4O2.ClH/c1-10-2-3-12-13(6-10)19-14(18-12)8-17-15(20)7-11-9-21-5-4-16-11;/h2-3,6,11,16H,4-5,7-9H2,1H3,(H,17,20)(H,18,19);1H. The molecule has 3 N–H and O–H groups in total. The third-order valence-electron chi connectivity index (χ3n) is 3.57. The molecule has 1 aliphatic heterocycles. The molecule has 1 amide bonds. The summed E-state index contributed by atoms with van der Waals surface area (Å²) >= 11 is 0. The van der Waals surface area contributed by atoms with Gasteiger partial charge in [-0.15, -0.1) is 12.4 Å². The van der Waals surface area contributed by atoms with Crippen LogP contribution in [0.4, 0.5) is 0 Å². The lowest BCUT2D eigenvalue weighted by Crippen LogP contribution is -2.44. The van der Waals surface area contributed by atoms with Gasteiger partial charge in [0.05, 0.1) is 30.8 Å². The van der Waals surface area contributed by atoms with Crippen LogP contribution in [0.1, 0.15) is 17.8 Å². The number of halogens is 1. The number of nitrogens with one attached hydrogen (secondary N) is 3. The van der Waals surface area contributed by atoms with Crippen molar-refractivity contribution in [3.05, 3.63) is 29.6 Å². The third kappa shape index (κ3) is 4.19. The van der Waals surface area contributed by atoms with E-state index in [0.717, 1.165) is 30.0 Å². The molecule has 0 saturated carbocycles. The molecule has 1 atom stereocenters. The highest BCUT2D eigenvalue weighted by atomic mass is 35.5. The Bertz CT molecular complexity index is 638. The van der Waals surface area contributed by atoms with E-state index in [4.69, 9.17) is 4.74 Å². The Balaban J connectivity index is 0.00000176. The number of carbonyl (C=O) groups is 1. The van der Waals surface area contributed by atoms with E-state index in [9.17, 15) is 4.79 Å². The van der Waals surface area contributed by atoms with E-state index in [1.807, 2.05) is 19.1 Å². The number of hydrogen-bond donors (Lipinski definition) is 3. The van der Waals surface area contributed by atoms with Crippen LogP contribution in [-0.4, -0.2) is 41.7 Å². The van der Waals surface area contributed by atoms with Crippen LogP contribution in [0, 0.1) is 6.92 Å². The summed E-state index contributed by atoms with van der Waals surface area (Å²) in [6, 6.07) is 6.17. The van der Waals surface area contributed by atoms with Crippen molar-refractivity contribution >= 4 is 29.3 Å². The molecule has 1 unspecified atom stereocenters. The number of amides is 1.